The molecule has 2 fully saturated rings. The third kappa shape index (κ3) is 5.92. The van der Waals surface area contributed by atoms with E-state index in [1.54, 1.807) is 12.1 Å². The van der Waals surface area contributed by atoms with E-state index >= 15 is 13.2 Å². The van der Waals surface area contributed by atoms with Gasteiger partial charge in [-0.15, -0.1) is 0 Å². The van der Waals surface area contributed by atoms with Crippen molar-refractivity contribution in [2.45, 2.75) is 63.1 Å². The van der Waals surface area contributed by atoms with E-state index in [1.165, 1.54) is 12.1 Å². The zero-order chi connectivity index (χ0) is 29.4. The van der Waals surface area contributed by atoms with Crippen LogP contribution in [0, 0.1) is 17.5 Å². The molecule has 2 aliphatic heterocycles. The van der Waals surface area contributed by atoms with Crippen LogP contribution in [-0.4, -0.2) is 73.3 Å². The maximum absolute atomic E-state index is 15.3. The van der Waals surface area contributed by atoms with Gasteiger partial charge in [0.1, 0.15) is 23.9 Å². The van der Waals surface area contributed by atoms with Gasteiger partial charge >= 0.3 is 0 Å². The molecule has 3 heterocycles. The molecule has 0 spiro atoms. The van der Waals surface area contributed by atoms with Crippen molar-refractivity contribution < 1.29 is 17.9 Å². The van der Waals surface area contributed by atoms with Crippen LogP contribution in [0.4, 0.5) is 24.5 Å². The number of benzene rings is 2. The molecule has 2 N–H and O–H groups in total. The van der Waals surface area contributed by atoms with Crippen LogP contribution in [0.5, 0.6) is 5.75 Å². The largest absolute Gasteiger partial charge is 0.486 e. The fourth-order valence-corrected chi connectivity index (χ4v) is 6.64. The molecule has 6 rings (SSSR count). The van der Waals surface area contributed by atoms with Crippen molar-refractivity contribution in [3.05, 3.63) is 65.4 Å². The number of nitrogens with zero attached hydrogens (tertiary/aromatic N) is 5. The zero-order valence-corrected chi connectivity index (χ0v) is 24.3. The summed E-state index contributed by atoms with van der Waals surface area (Å²) in [5, 5.41) is 0. The van der Waals surface area contributed by atoms with Gasteiger partial charge in [-0.25, -0.2) is 23.1 Å². The molecule has 0 bridgehead atoms. The van der Waals surface area contributed by atoms with E-state index in [2.05, 4.69) is 38.8 Å². The maximum Gasteiger partial charge on any atom is 0.178 e. The number of fused-ring (bicyclic) bond motifs is 1. The molecule has 0 radical (unpaired) electrons. The van der Waals surface area contributed by atoms with E-state index in [0.29, 0.717) is 47.5 Å². The minimum Gasteiger partial charge on any atom is -0.486 e. The summed E-state index contributed by atoms with van der Waals surface area (Å²) >= 11 is 0. The lowest BCUT2D eigenvalue weighted by molar-refractivity contribution is 0.249. The Balaban J connectivity index is 1.22. The number of hydrogen-bond donors (Lipinski definition) is 1. The third-order valence-corrected chi connectivity index (χ3v) is 9.07. The first kappa shape index (κ1) is 28.7. The van der Waals surface area contributed by atoms with Crippen LogP contribution < -0.4 is 20.3 Å². The van der Waals surface area contributed by atoms with Crippen LogP contribution in [0.1, 0.15) is 49.9 Å². The number of halogens is 3. The summed E-state index contributed by atoms with van der Waals surface area (Å²) in [6.45, 7) is 2.62. The number of aromatic nitrogens is 2. The Labute approximate surface area is 245 Å². The minimum absolute atomic E-state index is 0.0127. The minimum atomic E-state index is -0.646. The van der Waals surface area contributed by atoms with Crippen molar-refractivity contribution in [2.75, 3.05) is 50.1 Å². The molecule has 3 aliphatic rings. The standard InChI is InChI=1S/C32H39F3N6O/c1-39(2)23-9-11-40(12-10-23)28-8-3-20(15-25(28)33)16-30-37-19-27(35)31(38-30)21-17-26(34)32-29(18-21)41(13-14-42-32)24-6-4-22(36)5-7-24/h3,8,15,17-19,22-24H,4-7,9-14,16,36H2,1-2H3. The lowest BCUT2D eigenvalue weighted by Crippen LogP contribution is -2.44. The highest BCUT2D eigenvalue weighted by Gasteiger charge is 2.31. The molecule has 1 aromatic heterocycles. The Kier molecular flexibility index (Phi) is 8.27. The smallest absolute Gasteiger partial charge is 0.178 e. The number of piperidine rings is 1. The lowest BCUT2D eigenvalue weighted by Gasteiger charge is -2.40. The van der Waals surface area contributed by atoms with Gasteiger partial charge in [-0.1, -0.05) is 6.07 Å². The van der Waals surface area contributed by atoms with Crippen molar-refractivity contribution in [2.24, 2.45) is 5.73 Å². The molecule has 0 unspecified atom stereocenters. The van der Waals surface area contributed by atoms with E-state index in [1.807, 2.05) is 6.07 Å². The Hall–Kier alpha value is -3.37. The first-order valence-corrected chi connectivity index (χ1v) is 15.0. The molecular weight excluding hydrogens is 541 g/mol. The van der Waals surface area contributed by atoms with Gasteiger partial charge in [-0.05, 0) is 82.4 Å². The molecular formula is C32H39F3N6O. The van der Waals surface area contributed by atoms with Gasteiger partial charge in [-0.3, -0.25) is 0 Å². The van der Waals surface area contributed by atoms with Crippen LogP contribution in [0.2, 0.25) is 0 Å². The second-order valence-electron chi connectivity index (χ2n) is 12.0. The Morgan fingerprint density at radius 3 is 2.38 bits per heavy atom. The van der Waals surface area contributed by atoms with Crippen molar-refractivity contribution in [3.63, 3.8) is 0 Å². The normalized spacial score (nSPS) is 21.4. The summed E-state index contributed by atoms with van der Waals surface area (Å²) in [7, 11) is 4.16. The SMILES string of the molecule is CN(C)C1CCN(c2ccc(Cc3ncc(F)c(-c4cc(F)c5c(c4)N(C4CCC(N)CC4)CCO5)n3)cc2F)CC1. The summed E-state index contributed by atoms with van der Waals surface area (Å²) in [5.74, 6) is -0.966. The van der Waals surface area contributed by atoms with Gasteiger partial charge < -0.3 is 25.2 Å². The lowest BCUT2D eigenvalue weighted by atomic mass is 9.90. The van der Waals surface area contributed by atoms with Crippen molar-refractivity contribution in [1.29, 1.82) is 0 Å². The van der Waals surface area contributed by atoms with Crippen molar-refractivity contribution >= 4 is 11.4 Å². The summed E-state index contributed by atoms with van der Waals surface area (Å²) in [6, 6.07) is 9.14. The van der Waals surface area contributed by atoms with Gasteiger partial charge in [0.2, 0.25) is 0 Å². The molecule has 2 aromatic carbocycles. The summed E-state index contributed by atoms with van der Waals surface area (Å²) in [6.07, 6.45) is 6.97. The van der Waals surface area contributed by atoms with Crippen molar-refractivity contribution in [3.8, 4) is 17.0 Å². The zero-order valence-electron chi connectivity index (χ0n) is 24.3. The molecule has 42 heavy (non-hydrogen) atoms. The Morgan fingerprint density at radius 2 is 1.67 bits per heavy atom. The number of ether oxygens (including phenoxy) is 1. The molecule has 224 valence electrons. The number of nitrogens with two attached hydrogens (primary N) is 1. The second-order valence-corrected chi connectivity index (χ2v) is 12.0. The quantitative estimate of drug-likeness (QED) is 0.433. The molecule has 0 atom stereocenters. The highest BCUT2D eigenvalue weighted by atomic mass is 19.1. The van der Waals surface area contributed by atoms with Crippen LogP contribution in [0.3, 0.4) is 0 Å². The van der Waals surface area contributed by atoms with E-state index < -0.39 is 11.6 Å². The van der Waals surface area contributed by atoms with Crippen LogP contribution in [0.25, 0.3) is 11.3 Å². The summed E-state index contributed by atoms with van der Waals surface area (Å²) in [4.78, 5) is 15.1. The maximum atomic E-state index is 15.3. The molecule has 1 saturated heterocycles. The summed E-state index contributed by atoms with van der Waals surface area (Å²) < 4.78 is 51.3. The first-order chi connectivity index (χ1) is 20.3. The average Bonchev–Trinajstić information content (AvgIpc) is 2.98. The Bertz CT molecular complexity index is 1420. The number of rotatable bonds is 6. The van der Waals surface area contributed by atoms with Gasteiger partial charge in [0.05, 0.1) is 24.1 Å². The second kappa shape index (κ2) is 12.1. The van der Waals surface area contributed by atoms with Gasteiger partial charge in [-0.2, -0.15) is 0 Å². The predicted molar refractivity (Wildman–Crippen MR) is 159 cm³/mol. The van der Waals surface area contributed by atoms with Crippen LogP contribution >= 0.6 is 0 Å². The fraction of sp³-hybridized carbons (Fsp3) is 0.500. The van der Waals surface area contributed by atoms with Crippen LogP contribution in [0.15, 0.2) is 36.5 Å². The van der Waals surface area contributed by atoms with Gasteiger partial charge in [0, 0.05) is 43.2 Å². The predicted octanol–water partition coefficient (Wildman–Crippen LogP) is 5.15. The Morgan fingerprint density at radius 1 is 0.905 bits per heavy atom. The fourth-order valence-electron chi connectivity index (χ4n) is 6.64. The van der Waals surface area contributed by atoms with E-state index in [0.717, 1.165) is 57.8 Å². The molecule has 7 nitrogen and oxygen atoms in total. The number of anilines is 2. The topological polar surface area (TPSA) is 70.8 Å². The molecule has 1 aliphatic carbocycles. The highest BCUT2D eigenvalue weighted by Crippen LogP contribution is 2.41. The first-order valence-electron chi connectivity index (χ1n) is 15.0. The molecule has 0 amide bonds. The van der Waals surface area contributed by atoms with E-state index in [9.17, 15) is 0 Å². The molecule has 1 saturated carbocycles. The monoisotopic (exact) mass is 580 g/mol. The van der Waals surface area contributed by atoms with Crippen molar-refractivity contribution in [1.82, 2.24) is 14.9 Å². The van der Waals surface area contributed by atoms with Gasteiger partial charge in [0.15, 0.2) is 17.4 Å². The number of hydrogen-bond acceptors (Lipinski definition) is 7. The van der Waals surface area contributed by atoms with E-state index in [-0.39, 0.29) is 35.8 Å². The highest BCUT2D eigenvalue weighted by molar-refractivity contribution is 5.72. The van der Waals surface area contributed by atoms with Gasteiger partial charge in [0.25, 0.3) is 0 Å². The molecule has 10 heteroatoms. The summed E-state index contributed by atoms with van der Waals surface area (Å²) in [5.41, 5.74) is 8.33. The van der Waals surface area contributed by atoms with Crippen LogP contribution in [-0.2, 0) is 6.42 Å². The molecule has 3 aromatic rings. The third-order valence-electron chi connectivity index (χ3n) is 9.07. The van der Waals surface area contributed by atoms with E-state index in [4.69, 9.17) is 10.5 Å². The average molecular weight is 581 g/mol.